The summed E-state index contributed by atoms with van der Waals surface area (Å²) in [5, 5.41) is 8.89. The number of carboxylic acids is 1. The molecule has 23 heavy (non-hydrogen) atoms. The Labute approximate surface area is 140 Å². The standard InChI is InChI=1S/C19H31NO3/c1-3-4-5-6-7-14-23-17-12-10-16(11-13-17)9-8-15(2)18(20)19(21)22/h10-13,15,18H,3-9,14,20H2,1-2H3,(H,21,22). The zero-order chi connectivity index (χ0) is 17.1. The van der Waals surface area contributed by atoms with Crippen molar-refractivity contribution in [3.8, 4) is 5.75 Å². The molecule has 0 saturated heterocycles. The number of nitrogens with two attached hydrogens (primary N) is 1. The van der Waals surface area contributed by atoms with Crippen LogP contribution in [0.15, 0.2) is 24.3 Å². The first kappa shape index (κ1) is 19.5. The summed E-state index contributed by atoms with van der Waals surface area (Å²) in [6.07, 6.45) is 7.79. The summed E-state index contributed by atoms with van der Waals surface area (Å²) in [7, 11) is 0. The Hall–Kier alpha value is -1.55. The largest absolute Gasteiger partial charge is 0.494 e. The van der Waals surface area contributed by atoms with Gasteiger partial charge in [-0.2, -0.15) is 0 Å². The highest BCUT2D eigenvalue weighted by Gasteiger charge is 2.19. The maximum Gasteiger partial charge on any atom is 0.320 e. The highest BCUT2D eigenvalue weighted by Crippen LogP contribution is 2.17. The predicted molar refractivity (Wildman–Crippen MR) is 93.8 cm³/mol. The van der Waals surface area contributed by atoms with E-state index in [1.54, 1.807) is 0 Å². The number of carboxylic acid groups (broad SMARTS) is 1. The quantitative estimate of drug-likeness (QED) is 0.570. The van der Waals surface area contributed by atoms with Gasteiger partial charge in [-0.1, -0.05) is 51.7 Å². The molecule has 0 aliphatic carbocycles. The Morgan fingerprint density at radius 3 is 2.43 bits per heavy atom. The average Bonchev–Trinajstić information content (AvgIpc) is 2.56. The first-order chi connectivity index (χ1) is 11.0. The van der Waals surface area contributed by atoms with Crippen LogP contribution >= 0.6 is 0 Å². The smallest absolute Gasteiger partial charge is 0.320 e. The molecule has 1 aromatic carbocycles. The summed E-state index contributed by atoms with van der Waals surface area (Å²) in [5.41, 5.74) is 6.81. The van der Waals surface area contributed by atoms with Crippen molar-refractivity contribution in [1.82, 2.24) is 0 Å². The number of rotatable bonds is 12. The average molecular weight is 321 g/mol. The lowest BCUT2D eigenvalue weighted by molar-refractivity contribution is -0.139. The molecule has 130 valence electrons. The summed E-state index contributed by atoms with van der Waals surface area (Å²) >= 11 is 0. The monoisotopic (exact) mass is 321 g/mol. The third kappa shape index (κ3) is 8.03. The maximum absolute atomic E-state index is 10.8. The van der Waals surface area contributed by atoms with E-state index in [1.807, 2.05) is 31.2 Å². The van der Waals surface area contributed by atoms with Crippen molar-refractivity contribution in [1.29, 1.82) is 0 Å². The second-order valence-electron chi connectivity index (χ2n) is 6.29. The minimum absolute atomic E-state index is 0.0356. The van der Waals surface area contributed by atoms with Gasteiger partial charge in [0.25, 0.3) is 0 Å². The number of hydrogen-bond donors (Lipinski definition) is 2. The van der Waals surface area contributed by atoms with Crippen molar-refractivity contribution >= 4 is 5.97 Å². The molecular weight excluding hydrogens is 290 g/mol. The summed E-state index contributed by atoms with van der Waals surface area (Å²) in [6.45, 7) is 4.87. The van der Waals surface area contributed by atoms with Crippen LogP contribution in [0.1, 0.15) is 57.9 Å². The molecule has 0 spiro atoms. The molecular formula is C19H31NO3. The molecule has 0 fully saturated rings. The van der Waals surface area contributed by atoms with Crippen molar-refractivity contribution in [3.05, 3.63) is 29.8 Å². The lowest BCUT2D eigenvalue weighted by Crippen LogP contribution is -2.36. The Balaban J connectivity index is 2.26. The van der Waals surface area contributed by atoms with Gasteiger partial charge in [-0.25, -0.2) is 0 Å². The minimum Gasteiger partial charge on any atom is -0.494 e. The van der Waals surface area contributed by atoms with E-state index in [4.69, 9.17) is 15.6 Å². The van der Waals surface area contributed by atoms with Gasteiger partial charge in [-0.05, 0) is 42.9 Å². The first-order valence-electron chi connectivity index (χ1n) is 8.74. The predicted octanol–water partition coefficient (Wildman–Crippen LogP) is 4.02. The van der Waals surface area contributed by atoms with Crippen molar-refractivity contribution in [2.45, 2.75) is 64.8 Å². The van der Waals surface area contributed by atoms with Gasteiger partial charge in [0, 0.05) is 0 Å². The van der Waals surface area contributed by atoms with E-state index in [0.29, 0.717) is 0 Å². The molecule has 1 rings (SSSR count). The van der Waals surface area contributed by atoms with Crippen molar-refractivity contribution in [2.75, 3.05) is 6.61 Å². The summed E-state index contributed by atoms with van der Waals surface area (Å²) in [4.78, 5) is 10.8. The molecule has 4 nitrogen and oxygen atoms in total. The Morgan fingerprint density at radius 1 is 1.17 bits per heavy atom. The van der Waals surface area contributed by atoms with E-state index in [-0.39, 0.29) is 5.92 Å². The maximum atomic E-state index is 10.8. The number of ether oxygens (including phenoxy) is 1. The van der Waals surface area contributed by atoms with E-state index in [0.717, 1.165) is 31.6 Å². The zero-order valence-electron chi connectivity index (χ0n) is 14.5. The number of aliphatic carboxylic acids is 1. The van der Waals surface area contributed by atoms with E-state index in [2.05, 4.69) is 6.92 Å². The van der Waals surface area contributed by atoms with Gasteiger partial charge in [0.15, 0.2) is 0 Å². The molecule has 1 aromatic rings. The Morgan fingerprint density at radius 2 is 1.83 bits per heavy atom. The highest BCUT2D eigenvalue weighted by molar-refractivity contribution is 5.73. The van der Waals surface area contributed by atoms with Crippen LogP contribution in [0.5, 0.6) is 5.75 Å². The van der Waals surface area contributed by atoms with Crippen LogP contribution < -0.4 is 10.5 Å². The molecule has 0 aliphatic heterocycles. The van der Waals surface area contributed by atoms with Crippen LogP contribution in [0.3, 0.4) is 0 Å². The zero-order valence-corrected chi connectivity index (χ0v) is 14.5. The minimum atomic E-state index is -0.930. The van der Waals surface area contributed by atoms with Crippen molar-refractivity contribution in [2.24, 2.45) is 11.7 Å². The molecule has 0 heterocycles. The topological polar surface area (TPSA) is 72.5 Å². The van der Waals surface area contributed by atoms with Crippen molar-refractivity contribution in [3.63, 3.8) is 0 Å². The second kappa shape index (κ2) is 11.1. The molecule has 0 aliphatic rings. The molecule has 0 radical (unpaired) electrons. The van der Waals surface area contributed by atoms with E-state index in [9.17, 15) is 4.79 Å². The van der Waals surface area contributed by atoms with Crippen LogP contribution in [0.2, 0.25) is 0 Å². The molecule has 0 aromatic heterocycles. The molecule has 4 heteroatoms. The number of benzene rings is 1. The van der Waals surface area contributed by atoms with Gasteiger partial charge in [0.1, 0.15) is 11.8 Å². The van der Waals surface area contributed by atoms with E-state index in [1.165, 1.54) is 31.2 Å². The van der Waals surface area contributed by atoms with Gasteiger partial charge in [0.05, 0.1) is 6.61 Å². The van der Waals surface area contributed by atoms with E-state index < -0.39 is 12.0 Å². The molecule has 2 atom stereocenters. The highest BCUT2D eigenvalue weighted by atomic mass is 16.5. The number of carbonyl (C=O) groups is 1. The fourth-order valence-electron chi connectivity index (χ4n) is 2.47. The Kier molecular flexibility index (Phi) is 9.37. The van der Waals surface area contributed by atoms with Crippen LogP contribution in [-0.2, 0) is 11.2 Å². The lowest BCUT2D eigenvalue weighted by atomic mass is 9.95. The first-order valence-corrected chi connectivity index (χ1v) is 8.74. The summed E-state index contributed by atoms with van der Waals surface area (Å²) < 4.78 is 5.74. The second-order valence-corrected chi connectivity index (χ2v) is 6.29. The van der Waals surface area contributed by atoms with Crippen LogP contribution in [0.4, 0.5) is 0 Å². The lowest BCUT2D eigenvalue weighted by Gasteiger charge is -2.15. The van der Waals surface area contributed by atoms with Gasteiger partial charge in [-0.15, -0.1) is 0 Å². The fraction of sp³-hybridized carbons (Fsp3) is 0.632. The number of aryl methyl sites for hydroxylation is 1. The van der Waals surface area contributed by atoms with Gasteiger partial charge < -0.3 is 15.6 Å². The SMILES string of the molecule is CCCCCCCOc1ccc(CCC(C)C(N)C(=O)O)cc1. The Bertz CT molecular complexity index is 444. The molecule has 0 bridgehead atoms. The van der Waals surface area contributed by atoms with Gasteiger partial charge >= 0.3 is 5.97 Å². The summed E-state index contributed by atoms with van der Waals surface area (Å²) in [6, 6.07) is 7.29. The molecule has 0 saturated carbocycles. The summed E-state index contributed by atoms with van der Waals surface area (Å²) in [5.74, 6) is -0.0636. The van der Waals surface area contributed by atoms with E-state index >= 15 is 0 Å². The van der Waals surface area contributed by atoms with Crippen LogP contribution in [0.25, 0.3) is 0 Å². The molecule has 2 unspecified atom stereocenters. The van der Waals surface area contributed by atoms with Gasteiger partial charge in [0.2, 0.25) is 0 Å². The third-order valence-electron chi connectivity index (χ3n) is 4.23. The molecule has 0 amide bonds. The third-order valence-corrected chi connectivity index (χ3v) is 4.23. The number of hydrogen-bond acceptors (Lipinski definition) is 3. The number of unbranched alkanes of at least 4 members (excludes halogenated alkanes) is 4. The fourth-order valence-corrected chi connectivity index (χ4v) is 2.47. The van der Waals surface area contributed by atoms with Gasteiger partial charge in [-0.3, -0.25) is 4.79 Å². The van der Waals surface area contributed by atoms with Crippen LogP contribution in [-0.4, -0.2) is 23.7 Å². The van der Waals surface area contributed by atoms with Crippen LogP contribution in [0, 0.1) is 5.92 Å². The molecule has 3 N–H and O–H groups in total. The normalized spacial score (nSPS) is 13.5. The van der Waals surface area contributed by atoms with Crippen molar-refractivity contribution < 1.29 is 14.6 Å².